The lowest BCUT2D eigenvalue weighted by molar-refractivity contribution is 0.420. The van der Waals surface area contributed by atoms with Gasteiger partial charge in [0.1, 0.15) is 9.84 Å². The zero-order valence-electron chi connectivity index (χ0n) is 11.9. The van der Waals surface area contributed by atoms with Gasteiger partial charge in [0.15, 0.2) is 0 Å². The van der Waals surface area contributed by atoms with Crippen molar-refractivity contribution in [2.75, 3.05) is 11.5 Å². The lowest BCUT2D eigenvalue weighted by atomic mass is 10.0. The quantitative estimate of drug-likeness (QED) is 0.926. The van der Waals surface area contributed by atoms with Crippen LogP contribution in [0.25, 0.3) is 0 Å². The van der Waals surface area contributed by atoms with Gasteiger partial charge in [-0.05, 0) is 39.2 Å². The highest BCUT2D eigenvalue weighted by Gasteiger charge is 2.24. The van der Waals surface area contributed by atoms with Crippen LogP contribution in [0, 0.1) is 13.8 Å². The van der Waals surface area contributed by atoms with Crippen molar-refractivity contribution in [2.45, 2.75) is 45.7 Å². The Labute approximate surface area is 116 Å². The third kappa shape index (κ3) is 4.05. The SMILES string of the molecule is Cc1cc(C)cc(C(C)NC2CCS(=O)(=O)CC2)c1. The van der Waals surface area contributed by atoms with E-state index in [4.69, 9.17) is 0 Å². The fourth-order valence-electron chi connectivity index (χ4n) is 2.77. The fraction of sp³-hybridized carbons (Fsp3) is 0.600. The largest absolute Gasteiger partial charge is 0.307 e. The second-order valence-electron chi connectivity index (χ2n) is 5.74. The monoisotopic (exact) mass is 281 g/mol. The van der Waals surface area contributed by atoms with Gasteiger partial charge in [0.05, 0.1) is 11.5 Å². The maximum absolute atomic E-state index is 11.4. The summed E-state index contributed by atoms with van der Waals surface area (Å²) in [7, 11) is -2.77. The van der Waals surface area contributed by atoms with Crippen molar-refractivity contribution in [3.8, 4) is 0 Å². The molecule has 0 aliphatic carbocycles. The minimum Gasteiger partial charge on any atom is -0.307 e. The molecule has 3 nitrogen and oxygen atoms in total. The van der Waals surface area contributed by atoms with Gasteiger partial charge in [-0.3, -0.25) is 0 Å². The van der Waals surface area contributed by atoms with E-state index in [-0.39, 0.29) is 6.04 Å². The Kier molecular flexibility index (Phi) is 4.31. The normalized spacial score (nSPS) is 21.2. The maximum atomic E-state index is 11.4. The van der Waals surface area contributed by atoms with Crippen molar-refractivity contribution in [1.82, 2.24) is 5.32 Å². The molecule has 0 amide bonds. The topological polar surface area (TPSA) is 46.2 Å². The van der Waals surface area contributed by atoms with Crippen LogP contribution in [0.1, 0.15) is 42.5 Å². The maximum Gasteiger partial charge on any atom is 0.150 e. The van der Waals surface area contributed by atoms with Gasteiger partial charge < -0.3 is 5.32 Å². The highest BCUT2D eigenvalue weighted by atomic mass is 32.2. The van der Waals surface area contributed by atoms with Crippen LogP contribution < -0.4 is 5.32 Å². The highest BCUT2D eigenvalue weighted by molar-refractivity contribution is 7.91. The first kappa shape index (κ1) is 14.5. The Balaban J connectivity index is 1.99. The Morgan fingerprint density at radius 1 is 1.11 bits per heavy atom. The smallest absolute Gasteiger partial charge is 0.150 e. The summed E-state index contributed by atoms with van der Waals surface area (Å²) in [5.74, 6) is 0.647. The summed E-state index contributed by atoms with van der Waals surface area (Å²) in [5, 5.41) is 3.56. The standard InChI is InChI=1S/C15H23NO2S/c1-11-8-12(2)10-14(9-11)13(3)16-15-4-6-19(17,18)7-5-15/h8-10,13,15-16H,4-7H2,1-3H3. The van der Waals surface area contributed by atoms with E-state index in [9.17, 15) is 8.42 Å². The molecule has 2 rings (SSSR count). The average molecular weight is 281 g/mol. The molecule has 4 heteroatoms. The van der Waals surface area contributed by atoms with Crippen LogP contribution in [0.3, 0.4) is 0 Å². The van der Waals surface area contributed by atoms with Crippen LogP contribution in [0.5, 0.6) is 0 Å². The molecule has 1 aliphatic rings. The molecule has 1 atom stereocenters. The van der Waals surface area contributed by atoms with E-state index in [1.807, 2.05) is 0 Å². The van der Waals surface area contributed by atoms with Gasteiger partial charge in [0.2, 0.25) is 0 Å². The molecule has 1 aromatic carbocycles. The number of nitrogens with one attached hydrogen (secondary N) is 1. The number of aryl methyl sites for hydroxylation is 2. The molecule has 1 heterocycles. The van der Waals surface area contributed by atoms with E-state index >= 15 is 0 Å². The number of rotatable bonds is 3. The Morgan fingerprint density at radius 2 is 1.63 bits per heavy atom. The summed E-state index contributed by atoms with van der Waals surface area (Å²) in [6, 6.07) is 7.15. The molecule has 1 saturated heterocycles. The molecule has 0 bridgehead atoms. The molecular formula is C15H23NO2S. The summed E-state index contributed by atoms with van der Waals surface area (Å²) in [6.45, 7) is 6.37. The van der Waals surface area contributed by atoms with E-state index in [1.165, 1.54) is 16.7 Å². The van der Waals surface area contributed by atoms with Crippen LogP contribution in [0.2, 0.25) is 0 Å². The second kappa shape index (κ2) is 5.63. The van der Waals surface area contributed by atoms with Gasteiger partial charge in [-0.15, -0.1) is 0 Å². The van der Waals surface area contributed by atoms with Crippen LogP contribution in [-0.4, -0.2) is 26.0 Å². The van der Waals surface area contributed by atoms with Crippen molar-refractivity contribution >= 4 is 9.84 Å². The number of benzene rings is 1. The minimum absolute atomic E-state index is 0.268. The molecule has 1 N–H and O–H groups in total. The number of sulfone groups is 1. The minimum atomic E-state index is -2.77. The van der Waals surface area contributed by atoms with Crippen LogP contribution in [-0.2, 0) is 9.84 Å². The van der Waals surface area contributed by atoms with Gasteiger partial charge in [-0.25, -0.2) is 8.42 Å². The fourth-order valence-corrected chi connectivity index (χ4v) is 4.26. The molecular weight excluding hydrogens is 258 g/mol. The molecule has 19 heavy (non-hydrogen) atoms. The van der Waals surface area contributed by atoms with Gasteiger partial charge in [-0.1, -0.05) is 29.3 Å². The summed E-state index contributed by atoms with van der Waals surface area (Å²) in [6.07, 6.45) is 1.47. The number of hydrogen-bond acceptors (Lipinski definition) is 3. The molecule has 1 aromatic rings. The zero-order valence-corrected chi connectivity index (χ0v) is 12.8. The molecule has 1 fully saturated rings. The summed E-state index contributed by atoms with van der Waals surface area (Å²) in [4.78, 5) is 0. The third-order valence-electron chi connectivity index (χ3n) is 3.78. The summed E-state index contributed by atoms with van der Waals surface area (Å²) < 4.78 is 22.8. The molecule has 0 radical (unpaired) electrons. The van der Waals surface area contributed by atoms with Gasteiger partial charge in [0, 0.05) is 12.1 Å². The first-order chi connectivity index (χ1) is 8.85. The first-order valence-corrected chi connectivity index (χ1v) is 8.72. The van der Waals surface area contributed by atoms with E-state index in [0.29, 0.717) is 17.5 Å². The first-order valence-electron chi connectivity index (χ1n) is 6.90. The lowest BCUT2D eigenvalue weighted by Crippen LogP contribution is -2.38. The highest BCUT2D eigenvalue weighted by Crippen LogP contribution is 2.20. The Hall–Kier alpha value is -0.870. The second-order valence-corrected chi connectivity index (χ2v) is 8.04. The van der Waals surface area contributed by atoms with Crippen molar-refractivity contribution in [3.63, 3.8) is 0 Å². The lowest BCUT2D eigenvalue weighted by Gasteiger charge is -2.27. The molecule has 0 saturated carbocycles. The third-order valence-corrected chi connectivity index (χ3v) is 5.50. The van der Waals surface area contributed by atoms with Gasteiger partial charge in [-0.2, -0.15) is 0 Å². The molecule has 0 aromatic heterocycles. The van der Waals surface area contributed by atoms with Crippen LogP contribution >= 0.6 is 0 Å². The van der Waals surface area contributed by atoms with E-state index in [2.05, 4.69) is 44.3 Å². The van der Waals surface area contributed by atoms with E-state index < -0.39 is 9.84 Å². The molecule has 1 unspecified atom stereocenters. The summed E-state index contributed by atoms with van der Waals surface area (Å²) >= 11 is 0. The zero-order chi connectivity index (χ0) is 14.0. The predicted molar refractivity (Wildman–Crippen MR) is 79.1 cm³/mol. The molecule has 1 aliphatic heterocycles. The molecule has 106 valence electrons. The summed E-state index contributed by atoms with van der Waals surface area (Å²) in [5.41, 5.74) is 3.83. The van der Waals surface area contributed by atoms with Crippen LogP contribution in [0.4, 0.5) is 0 Å². The molecule has 0 spiro atoms. The van der Waals surface area contributed by atoms with E-state index in [0.717, 1.165) is 12.8 Å². The van der Waals surface area contributed by atoms with E-state index in [1.54, 1.807) is 0 Å². The average Bonchev–Trinajstić information content (AvgIpc) is 2.30. The Bertz CT molecular complexity index is 517. The Morgan fingerprint density at radius 3 is 2.16 bits per heavy atom. The van der Waals surface area contributed by atoms with Crippen molar-refractivity contribution < 1.29 is 8.42 Å². The van der Waals surface area contributed by atoms with Crippen molar-refractivity contribution in [3.05, 3.63) is 34.9 Å². The van der Waals surface area contributed by atoms with Crippen molar-refractivity contribution in [1.29, 1.82) is 0 Å². The predicted octanol–water partition coefficient (Wildman–Crippen LogP) is 2.53. The van der Waals surface area contributed by atoms with Crippen molar-refractivity contribution in [2.24, 2.45) is 0 Å². The number of hydrogen-bond donors (Lipinski definition) is 1. The van der Waals surface area contributed by atoms with Gasteiger partial charge >= 0.3 is 0 Å². The van der Waals surface area contributed by atoms with Gasteiger partial charge in [0.25, 0.3) is 0 Å². The van der Waals surface area contributed by atoms with Crippen LogP contribution in [0.15, 0.2) is 18.2 Å².